The molecule has 1 aromatic rings. The molecule has 2 N–H and O–H groups in total. The Morgan fingerprint density at radius 2 is 2.37 bits per heavy atom. The molecule has 1 aromatic heterocycles. The summed E-state index contributed by atoms with van der Waals surface area (Å²) in [4.78, 5) is 0. The molecule has 4 atom stereocenters. The van der Waals surface area contributed by atoms with Gasteiger partial charge in [0.2, 0.25) is 0 Å². The Labute approximate surface area is 122 Å². The average Bonchev–Trinajstić information content (AvgIpc) is 2.95. The van der Waals surface area contributed by atoms with Crippen molar-refractivity contribution in [3.63, 3.8) is 0 Å². The number of aliphatic hydroxyl groups is 1. The van der Waals surface area contributed by atoms with E-state index in [9.17, 15) is 5.11 Å². The summed E-state index contributed by atoms with van der Waals surface area (Å²) in [6, 6.07) is 2.59. The minimum Gasteiger partial charge on any atom is -0.386 e. The topological polar surface area (TPSA) is 41.5 Å². The van der Waals surface area contributed by atoms with Crippen molar-refractivity contribution in [2.45, 2.75) is 53.9 Å². The van der Waals surface area contributed by atoms with Crippen LogP contribution in [-0.4, -0.2) is 35.2 Å². The van der Waals surface area contributed by atoms with Gasteiger partial charge in [-0.25, -0.2) is 0 Å². The Balaban J connectivity index is 1.68. The van der Waals surface area contributed by atoms with Gasteiger partial charge >= 0.3 is 0 Å². The Morgan fingerprint density at radius 1 is 1.53 bits per heavy atom. The molecular formula is C14H21NO2S2. The molecule has 3 heterocycles. The van der Waals surface area contributed by atoms with Gasteiger partial charge in [-0.3, -0.25) is 0 Å². The summed E-state index contributed by atoms with van der Waals surface area (Å²) >= 11 is 3.80. The number of nitrogens with one attached hydrogen (secondary N) is 1. The van der Waals surface area contributed by atoms with Crippen LogP contribution in [0.1, 0.15) is 38.3 Å². The van der Waals surface area contributed by atoms with E-state index in [-0.39, 0.29) is 6.10 Å². The number of ether oxygens (including phenoxy) is 1. The lowest BCUT2D eigenvalue weighted by molar-refractivity contribution is -0.0279. The first-order valence-corrected chi connectivity index (χ1v) is 8.66. The van der Waals surface area contributed by atoms with Crippen LogP contribution in [0.3, 0.4) is 0 Å². The summed E-state index contributed by atoms with van der Waals surface area (Å²) in [7, 11) is 0. The lowest BCUT2D eigenvalue weighted by Crippen LogP contribution is -2.47. The van der Waals surface area contributed by atoms with Crippen molar-refractivity contribution in [2.75, 3.05) is 13.2 Å². The van der Waals surface area contributed by atoms with E-state index >= 15 is 0 Å². The molecule has 1 saturated heterocycles. The van der Waals surface area contributed by atoms with Crippen LogP contribution < -0.4 is 5.32 Å². The molecule has 0 aromatic carbocycles. The zero-order valence-corrected chi connectivity index (χ0v) is 13.0. The largest absolute Gasteiger partial charge is 0.386 e. The second-order valence-corrected chi connectivity index (χ2v) is 8.25. The number of thioether (sulfide) groups is 1. The maximum absolute atomic E-state index is 10.6. The highest BCUT2D eigenvalue weighted by Crippen LogP contribution is 2.43. The molecule has 3 rings (SSSR count). The molecule has 1 fully saturated rings. The SMILES string of the molecule is CC1OCCC1(O)CNC1C[C@H](C)Sc2sccc21. The van der Waals surface area contributed by atoms with E-state index in [1.54, 1.807) is 0 Å². The van der Waals surface area contributed by atoms with Crippen molar-refractivity contribution in [2.24, 2.45) is 0 Å². The van der Waals surface area contributed by atoms with Crippen molar-refractivity contribution in [1.82, 2.24) is 5.32 Å². The number of hydrogen-bond acceptors (Lipinski definition) is 5. The molecule has 0 saturated carbocycles. The standard InChI is InChI=1S/C14H21NO2S2/c1-9-7-12(11-3-6-18-13(11)19-9)15-8-14(16)4-5-17-10(14)2/h3,6,9-10,12,15-16H,4-5,7-8H2,1-2H3/t9-,10?,12?,14?/m0/s1. The van der Waals surface area contributed by atoms with Gasteiger partial charge in [-0.1, -0.05) is 6.92 Å². The molecule has 5 heteroatoms. The molecular weight excluding hydrogens is 278 g/mol. The van der Waals surface area contributed by atoms with Crippen LogP contribution in [-0.2, 0) is 4.74 Å². The predicted octanol–water partition coefficient (Wildman–Crippen LogP) is 2.80. The molecule has 0 spiro atoms. The monoisotopic (exact) mass is 299 g/mol. The van der Waals surface area contributed by atoms with E-state index in [1.165, 1.54) is 9.77 Å². The molecule has 0 radical (unpaired) electrons. The fourth-order valence-corrected chi connectivity index (χ4v) is 5.41. The maximum Gasteiger partial charge on any atom is 0.105 e. The van der Waals surface area contributed by atoms with Gasteiger partial charge in [-0.15, -0.1) is 23.1 Å². The fourth-order valence-electron chi connectivity index (χ4n) is 2.85. The molecule has 0 aliphatic carbocycles. The Hall–Kier alpha value is -0.0700. The van der Waals surface area contributed by atoms with Crippen LogP contribution in [0, 0.1) is 0 Å². The van der Waals surface area contributed by atoms with Crippen molar-refractivity contribution < 1.29 is 9.84 Å². The Bertz CT molecular complexity index is 450. The van der Waals surface area contributed by atoms with E-state index in [0.717, 1.165) is 12.8 Å². The molecule has 3 nitrogen and oxygen atoms in total. The molecule has 19 heavy (non-hydrogen) atoms. The Kier molecular flexibility index (Phi) is 3.93. The van der Waals surface area contributed by atoms with Crippen molar-refractivity contribution in [3.05, 3.63) is 17.0 Å². The first-order valence-electron chi connectivity index (χ1n) is 6.90. The third kappa shape index (κ3) is 2.72. The van der Waals surface area contributed by atoms with Gasteiger partial charge < -0.3 is 15.2 Å². The van der Waals surface area contributed by atoms with Gasteiger partial charge in [0.1, 0.15) is 5.60 Å². The highest BCUT2D eigenvalue weighted by atomic mass is 32.2. The van der Waals surface area contributed by atoms with Crippen molar-refractivity contribution in [3.8, 4) is 0 Å². The van der Waals surface area contributed by atoms with Crippen LogP contribution in [0.25, 0.3) is 0 Å². The van der Waals surface area contributed by atoms with Gasteiger partial charge in [0.25, 0.3) is 0 Å². The molecule has 2 aliphatic heterocycles. The third-order valence-corrected chi connectivity index (χ3v) is 6.57. The van der Waals surface area contributed by atoms with Crippen LogP contribution in [0.2, 0.25) is 0 Å². The summed E-state index contributed by atoms with van der Waals surface area (Å²) in [5.41, 5.74) is 0.701. The van der Waals surface area contributed by atoms with Crippen LogP contribution in [0.5, 0.6) is 0 Å². The number of rotatable bonds is 3. The smallest absolute Gasteiger partial charge is 0.105 e. The average molecular weight is 299 g/mol. The fraction of sp³-hybridized carbons (Fsp3) is 0.714. The lowest BCUT2D eigenvalue weighted by Gasteiger charge is -2.32. The zero-order valence-electron chi connectivity index (χ0n) is 11.4. The zero-order chi connectivity index (χ0) is 13.5. The molecule has 106 valence electrons. The minimum atomic E-state index is -0.704. The Morgan fingerprint density at radius 3 is 3.11 bits per heavy atom. The summed E-state index contributed by atoms with van der Waals surface area (Å²) in [6.07, 6.45) is 1.78. The van der Waals surface area contributed by atoms with Gasteiger partial charge in [-0.2, -0.15) is 0 Å². The summed E-state index contributed by atoms with van der Waals surface area (Å²) in [5, 5.41) is 16.9. The van der Waals surface area contributed by atoms with E-state index < -0.39 is 5.60 Å². The number of thiophene rings is 1. The quantitative estimate of drug-likeness (QED) is 0.900. The first kappa shape index (κ1) is 13.9. The highest BCUT2D eigenvalue weighted by Gasteiger charge is 2.40. The summed E-state index contributed by atoms with van der Waals surface area (Å²) < 4.78 is 6.92. The maximum atomic E-state index is 10.6. The second kappa shape index (κ2) is 5.37. The normalized spacial score (nSPS) is 38.4. The second-order valence-electron chi connectivity index (χ2n) is 5.63. The number of fused-ring (bicyclic) bond motifs is 1. The number of hydrogen-bond donors (Lipinski definition) is 2. The van der Waals surface area contributed by atoms with E-state index in [1.807, 2.05) is 30.0 Å². The first-order chi connectivity index (χ1) is 9.08. The van der Waals surface area contributed by atoms with Crippen LogP contribution in [0.15, 0.2) is 15.7 Å². The van der Waals surface area contributed by atoms with Gasteiger partial charge in [0.05, 0.1) is 10.3 Å². The molecule has 2 aliphatic rings. The molecule has 3 unspecified atom stereocenters. The van der Waals surface area contributed by atoms with E-state index in [2.05, 4.69) is 23.7 Å². The summed E-state index contributed by atoms with van der Waals surface area (Å²) in [5.74, 6) is 0. The minimum absolute atomic E-state index is 0.0719. The van der Waals surface area contributed by atoms with Gasteiger partial charge in [0.15, 0.2) is 0 Å². The van der Waals surface area contributed by atoms with Gasteiger partial charge in [0, 0.05) is 30.9 Å². The van der Waals surface area contributed by atoms with E-state index in [4.69, 9.17) is 4.74 Å². The predicted molar refractivity (Wildman–Crippen MR) is 80.0 cm³/mol. The van der Waals surface area contributed by atoms with Crippen molar-refractivity contribution >= 4 is 23.1 Å². The van der Waals surface area contributed by atoms with Crippen LogP contribution >= 0.6 is 23.1 Å². The summed E-state index contributed by atoms with van der Waals surface area (Å²) in [6.45, 7) is 5.52. The highest BCUT2D eigenvalue weighted by molar-refractivity contribution is 8.01. The third-order valence-electron chi connectivity index (χ3n) is 4.22. The van der Waals surface area contributed by atoms with Gasteiger partial charge in [-0.05, 0) is 30.4 Å². The van der Waals surface area contributed by atoms with Crippen LogP contribution in [0.4, 0.5) is 0 Å². The molecule has 0 amide bonds. The lowest BCUT2D eigenvalue weighted by atomic mass is 9.95. The van der Waals surface area contributed by atoms with E-state index in [0.29, 0.717) is 24.4 Å². The van der Waals surface area contributed by atoms with Crippen molar-refractivity contribution in [1.29, 1.82) is 0 Å². The molecule has 0 bridgehead atoms.